The van der Waals surface area contributed by atoms with Crippen molar-refractivity contribution in [3.8, 4) is 0 Å². The smallest absolute Gasteiger partial charge is 0.293 e. The van der Waals surface area contributed by atoms with E-state index in [9.17, 15) is 10.1 Å². The van der Waals surface area contributed by atoms with Gasteiger partial charge in [0.05, 0.1) is 4.92 Å². The van der Waals surface area contributed by atoms with Crippen molar-refractivity contribution in [1.29, 1.82) is 0 Å². The second-order valence-electron chi connectivity index (χ2n) is 5.02. The molecule has 5 nitrogen and oxygen atoms in total. The van der Waals surface area contributed by atoms with Gasteiger partial charge in [-0.2, -0.15) is 0 Å². The van der Waals surface area contributed by atoms with E-state index in [1.54, 1.807) is 12.1 Å². The summed E-state index contributed by atoms with van der Waals surface area (Å²) in [6.45, 7) is 7.62. The number of nitro groups is 1. The lowest BCUT2D eigenvalue weighted by molar-refractivity contribution is -0.384. The van der Waals surface area contributed by atoms with Gasteiger partial charge in [0.15, 0.2) is 0 Å². The van der Waals surface area contributed by atoms with Crippen LogP contribution < -0.4 is 10.6 Å². The van der Waals surface area contributed by atoms with Gasteiger partial charge in [-0.1, -0.05) is 15.9 Å². The van der Waals surface area contributed by atoms with Crippen LogP contribution in [0.5, 0.6) is 0 Å². The zero-order valence-electron chi connectivity index (χ0n) is 10.8. The topological polar surface area (TPSA) is 67.2 Å². The van der Waals surface area contributed by atoms with E-state index in [0.717, 1.165) is 6.54 Å². The monoisotopic (exact) mass is 315 g/mol. The number of halogens is 1. The Bertz CT molecular complexity index is 430. The fraction of sp³-hybridized carbons (Fsp3) is 0.500. The van der Waals surface area contributed by atoms with Gasteiger partial charge in [-0.05, 0) is 32.9 Å². The van der Waals surface area contributed by atoms with Gasteiger partial charge in [-0.3, -0.25) is 10.1 Å². The fourth-order valence-corrected chi connectivity index (χ4v) is 1.79. The number of nitrogens with zero attached hydrogens (tertiary/aromatic N) is 1. The van der Waals surface area contributed by atoms with E-state index in [-0.39, 0.29) is 16.1 Å². The first kappa shape index (κ1) is 14.9. The average Bonchev–Trinajstić information content (AvgIpc) is 2.24. The van der Waals surface area contributed by atoms with Gasteiger partial charge in [0, 0.05) is 29.2 Å². The molecule has 2 N–H and O–H groups in total. The maximum atomic E-state index is 10.9. The lowest BCUT2D eigenvalue weighted by Gasteiger charge is -2.20. The zero-order valence-corrected chi connectivity index (χ0v) is 12.4. The summed E-state index contributed by atoms with van der Waals surface area (Å²) in [4.78, 5) is 10.5. The van der Waals surface area contributed by atoms with E-state index in [1.165, 1.54) is 6.07 Å². The first-order chi connectivity index (χ1) is 8.29. The number of hydrogen-bond acceptors (Lipinski definition) is 4. The quantitative estimate of drug-likeness (QED) is 0.497. The van der Waals surface area contributed by atoms with E-state index >= 15 is 0 Å². The van der Waals surface area contributed by atoms with Crippen molar-refractivity contribution in [2.24, 2.45) is 0 Å². The highest BCUT2D eigenvalue weighted by atomic mass is 79.9. The predicted molar refractivity (Wildman–Crippen MR) is 77.0 cm³/mol. The molecule has 1 rings (SSSR count). The minimum Gasteiger partial charge on any atom is -0.378 e. The van der Waals surface area contributed by atoms with Gasteiger partial charge in [0.2, 0.25) is 0 Å². The third-order valence-corrected chi connectivity index (χ3v) is 2.75. The fourth-order valence-electron chi connectivity index (χ4n) is 1.44. The van der Waals surface area contributed by atoms with Gasteiger partial charge in [-0.15, -0.1) is 0 Å². The minimum absolute atomic E-state index is 0.0489. The highest BCUT2D eigenvalue weighted by Gasteiger charge is 2.14. The first-order valence-corrected chi connectivity index (χ1v) is 6.52. The van der Waals surface area contributed by atoms with Crippen molar-refractivity contribution in [1.82, 2.24) is 5.32 Å². The molecule has 1 aromatic rings. The van der Waals surface area contributed by atoms with Gasteiger partial charge in [0.1, 0.15) is 5.69 Å². The van der Waals surface area contributed by atoms with Crippen LogP contribution in [0.25, 0.3) is 0 Å². The van der Waals surface area contributed by atoms with Crippen molar-refractivity contribution in [3.05, 3.63) is 32.8 Å². The van der Waals surface area contributed by atoms with Crippen LogP contribution in [0, 0.1) is 10.1 Å². The highest BCUT2D eigenvalue weighted by Crippen LogP contribution is 2.27. The van der Waals surface area contributed by atoms with Crippen LogP contribution >= 0.6 is 15.9 Å². The number of hydrogen-bond donors (Lipinski definition) is 2. The summed E-state index contributed by atoms with van der Waals surface area (Å²) in [5, 5.41) is 17.3. The number of rotatable bonds is 5. The Morgan fingerprint density at radius 1 is 1.33 bits per heavy atom. The summed E-state index contributed by atoms with van der Waals surface area (Å²) >= 11 is 3.23. The van der Waals surface area contributed by atoms with E-state index in [4.69, 9.17) is 0 Å². The molecule has 6 heteroatoms. The van der Waals surface area contributed by atoms with E-state index in [2.05, 4.69) is 47.3 Å². The van der Waals surface area contributed by atoms with Crippen molar-refractivity contribution < 1.29 is 4.92 Å². The molecule has 100 valence electrons. The van der Waals surface area contributed by atoms with Crippen molar-refractivity contribution in [3.63, 3.8) is 0 Å². The lowest BCUT2D eigenvalue weighted by Crippen LogP contribution is -2.38. The summed E-state index contributed by atoms with van der Waals surface area (Å²) in [5.41, 5.74) is 0.673. The summed E-state index contributed by atoms with van der Waals surface area (Å²) in [5.74, 6) is 0. The molecule has 0 bridgehead atoms. The van der Waals surface area contributed by atoms with Crippen LogP contribution in [0.3, 0.4) is 0 Å². The van der Waals surface area contributed by atoms with E-state index < -0.39 is 0 Å². The molecule has 0 heterocycles. The third-order valence-electron chi connectivity index (χ3n) is 2.25. The molecule has 1 aromatic carbocycles. The molecular weight excluding hydrogens is 298 g/mol. The largest absolute Gasteiger partial charge is 0.378 e. The standard InChI is InChI=1S/C12H18BrN3O2/c1-12(2,3)15-7-6-14-10-5-4-9(13)8-11(10)16(17)18/h4-5,8,14-15H,6-7H2,1-3H3. The number of nitro benzene ring substituents is 1. The number of anilines is 1. The van der Waals surface area contributed by atoms with Crippen LogP contribution in [0.1, 0.15) is 20.8 Å². The Morgan fingerprint density at radius 2 is 2.00 bits per heavy atom. The molecule has 0 saturated carbocycles. The summed E-state index contributed by atoms with van der Waals surface area (Å²) in [6, 6.07) is 4.99. The van der Waals surface area contributed by atoms with E-state index in [0.29, 0.717) is 16.7 Å². The Balaban J connectivity index is 2.59. The molecule has 18 heavy (non-hydrogen) atoms. The highest BCUT2D eigenvalue weighted by molar-refractivity contribution is 9.10. The zero-order chi connectivity index (χ0) is 13.8. The lowest BCUT2D eigenvalue weighted by atomic mass is 10.1. The van der Waals surface area contributed by atoms with Gasteiger partial charge in [0.25, 0.3) is 5.69 Å². The van der Waals surface area contributed by atoms with Crippen molar-refractivity contribution in [2.45, 2.75) is 26.3 Å². The van der Waals surface area contributed by atoms with Gasteiger partial charge < -0.3 is 10.6 Å². The first-order valence-electron chi connectivity index (χ1n) is 5.72. The van der Waals surface area contributed by atoms with Crippen LogP contribution in [0.4, 0.5) is 11.4 Å². The Morgan fingerprint density at radius 3 is 2.56 bits per heavy atom. The summed E-state index contributed by atoms with van der Waals surface area (Å²) in [7, 11) is 0. The van der Waals surface area contributed by atoms with Crippen LogP contribution in [0.15, 0.2) is 22.7 Å². The second-order valence-corrected chi connectivity index (χ2v) is 5.94. The predicted octanol–water partition coefficient (Wildman–Crippen LogP) is 3.16. The van der Waals surface area contributed by atoms with Crippen molar-refractivity contribution in [2.75, 3.05) is 18.4 Å². The number of benzene rings is 1. The molecule has 0 saturated heterocycles. The second kappa shape index (κ2) is 6.15. The molecule has 0 amide bonds. The molecule has 0 unspecified atom stereocenters. The SMILES string of the molecule is CC(C)(C)NCCNc1ccc(Br)cc1[N+](=O)[O-]. The Labute approximate surface area is 115 Å². The molecular formula is C12H18BrN3O2. The van der Waals surface area contributed by atoms with Crippen LogP contribution in [-0.4, -0.2) is 23.6 Å². The average molecular weight is 316 g/mol. The molecule has 0 atom stereocenters. The van der Waals surface area contributed by atoms with Crippen LogP contribution in [-0.2, 0) is 0 Å². The molecule has 0 aromatic heterocycles. The Hall–Kier alpha value is -1.14. The minimum atomic E-state index is -0.385. The van der Waals surface area contributed by atoms with E-state index in [1.807, 2.05) is 0 Å². The van der Waals surface area contributed by atoms with Crippen LogP contribution in [0.2, 0.25) is 0 Å². The summed E-state index contributed by atoms with van der Waals surface area (Å²) in [6.07, 6.45) is 0. The van der Waals surface area contributed by atoms with Crippen molar-refractivity contribution >= 4 is 27.3 Å². The molecule has 0 aliphatic heterocycles. The van der Waals surface area contributed by atoms with Gasteiger partial charge in [-0.25, -0.2) is 0 Å². The molecule has 0 aliphatic rings. The molecule has 0 aliphatic carbocycles. The van der Waals surface area contributed by atoms with Gasteiger partial charge >= 0.3 is 0 Å². The normalized spacial score (nSPS) is 11.3. The molecule has 0 spiro atoms. The maximum Gasteiger partial charge on any atom is 0.293 e. The maximum absolute atomic E-state index is 10.9. The summed E-state index contributed by atoms with van der Waals surface area (Å²) < 4.78 is 0.701. The number of nitrogens with one attached hydrogen (secondary N) is 2. The third kappa shape index (κ3) is 5.01. The molecule has 0 radical (unpaired) electrons. The Kier molecular flexibility index (Phi) is 5.10. The molecule has 0 fully saturated rings.